The van der Waals surface area contributed by atoms with E-state index >= 15 is 0 Å². The standard InChI is InChI=1S/C17H15N5O6/c23-11(24)6-20-16(25)12-9-5-10(13(12)17(20)26)15-14(9)18-19-21(15)7-1-3-8(4-2-7)22(27)28/h1-4,9-10,12-15H,5-6H2,(H,23,24)/t9-,10+,12-,13+,14-,15-/m1/s1. The van der Waals surface area contributed by atoms with E-state index in [1.54, 1.807) is 17.1 Å². The Morgan fingerprint density at radius 1 is 1.18 bits per heavy atom. The van der Waals surface area contributed by atoms with E-state index in [0.29, 0.717) is 12.1 Å². The number of rotatable bonds is 4. The number of hydrogen-bond acceptors (Lipinski definition) is 8. The Morgan fingerprint density at radius 3 is 2.43 bits per heavy atom. The van der Waals surface area contributed by atoms with E-state index in [-0.39, 0.29) is 29.6 Å². The number of likely N-dealkylation sites (tertiary alicyclic amines) is 1. The van der Waals surface area contributed by atoms with Gasteiger partial charge in [0.15, 0.2) is 0 Å². The number of anilines is 1. The first kappa shape index (κ1) is 16.8. The van der Waals surface area contributed by atoms with Crippen molar-refractivity contribution in [1.29, 1.82) is 0 Å². The first-order valence-electron chi connectivity index (χ1n) is 8.90. The molecule has 1 N–H and O–H groups in total. The second-order valence-corrected chi connectivity index (χ2v) is 7.58. The number of carboxylic acid groups (broad SMARTS) is 1. The number of amides is 2. The maximum atomic E-state index is 12.8. The van der Waals surface area contributed by atoms with Crippen LogP contribution < -0.4 is 5.01 Å². The van der Waals surface area contributed by atoms with Crippen LogP contribution in [0.4, 0.5) is 11.4 Å². The largest absolute Gasteiger partial charge is 0.480 e. The van der Waals surface area contributed by atoms with Gasteiger partial charge in [-0.05, 0) is 30.4 Å². The highest BCUT2D eigenvalue weighted by Crippen LogP contribution is 2.60. The van der Waals surface area contributed by atoms with E-state index < -0.39 is 41.1 Å². The molecule has 2 bridgehead atoms. The Labute approximate surface area is 157 Å². The number of carboxylic acids is 1. The van der Waals surface area contributed by atoms with Crippen molar-refractivity contribution < 1.29 is 24.4 Å². The van der Waals surface area contributed by atoms with E-state index in [1.807, 2.05) is 0 Å². The molecule has 2 saturated carbocycles. The molecule has 5 rings (SSSR count). The molecule has 2 aliphatic heterocycles. The highest BCUT2D eigenvalue weighted by atomic mass is 16.6. The zero-order valence-electron chi connectivity index (χ0n) is 14.4. The third-order valence-corrected chi connectivity index (χ3v) is 6.37. The Hall–Kier alpha value is -3.37. The number of hydrogen-bond donors (Lipinski definition) is 1. The Morgan fingerprint density at radius 2 is 1.82 bits per heavy atom. The van der Waals surface area contributed by atoms with Gasteiger partial charge in [0.1, 0.15) is 6.54 Å². The molecule has 28 heavy (non-hydrogen) atoms. The zero-order valence-corrected chi connectivity index (χ0v) is 14.4. The molecule has 144 valence electrons. The third-order valence-electron chi connectivity index (χ3n) is 6.37. The molecule has 6 atom stereocenters. The van der Waals surface area contributed by atoms with Gasteiger partial charge in [-0.1, -0.05) is 5.22 Å². The molecule has 0 spiro atoms. The van der Waals surface area contributed by atoms with Gasteiger partial charge < -0.3 is 5.11 Å². The summed E-state index contributed by atoms with van der Waals surface area (Å²) in [6.45, 7) is -0.618. The third kappa shape index (κ3) is 2.06. The zero-order chi connectivity index (χ0) is 19.7. The molecular weight excluding hydrogens is 370 g/mol. The SMILES string of the molecule is O=C(O)CN1C(=O)[C@@H]2[C@H]3C[C@@H]([C@@H]2C1=O)[C@@H]1[C@@H]3N=NN1c1ccc([N+](=O)[O-])cc1. The van der Waals surface area contributed by atoms with E-state index in [9.17, 15) is 24.5 Å². The lowest BCUT2D eigenvalue weighted by atomic mass is 9.76. The minimum Gasteiger partial charge on any atom is -0.480 e. The lowest BCUT2D eigenvalue weighted by molar-refractivity contribution is -0.384. The fraction of sp³-hybridized carbons (Fsp3) is 0.471. The molecule has 11 heteroatoms. The van der Waals surface area contributed by atoms with E-state index in [4.69, 9.17) is 5.11 Å². The maximum Gasteiger partial charge on any atom is 0.323 e. The molecule has 0 radical (unpaired) electrons. The fourth-order valence-corrected chi connectivity index (χ4v) is 5.39. The topological polar surface area (TPSA) is 146 Å². The molecular formula is C17H15N5O6. The van der Waals surface area contributed by atoms with Gasteiger partial charge in [-0.2, -0.15) is 5.11 Å². The highest BCUT2D eigenvalue weighted by Gasteiger charge is 2.70. The summed E-state index contributed by atoms with van der Waals surface area (Å²) in [4.78, 5) is 47.7. The average Bonchev–Trinajstić information content (AvgIpc) is 3.38. The number of nitro groups is 1. The second kappa shape index (κ2) is 5.57. The van der Waals surface area contributed by atoms with Gasteiger partial charge in [0.05, 0.1) is 34.5 Å². The predicted molar refractivity (Wildman–Crippen MR) is 90.9 cm³/mol. The lowest BCUT2D eigenvalue weighted by Crippen LogP contribution is -2.47. The van der Waals surface area contributed by atoms with Crippen LogP contribution in [0.3, 0.4) is 0 Å². The van der Waals surface area contributed by atoms with Gasteiger partial charge in [-0.25, -0.2) is 5.01 Å². The number of carbonyl (C=O) groups is 3. The van der Waals surface area contributed by atoms with Crippen LogP contribution in [0.15, 0.2) is 34.6 Å². The molecule has 1 aromatic rings. The van der Waals surface area contributed by atoms with Gasteiger partial charge in [0.2, 0.25) is 11.8 Å². The van der Waals surface area contributed by atoms with Crippen molar-refractivity contribution in [2.45, 2.75) is 18.5 Å². The Kier molecular flexibility index (Phi) is 3.33. The Balaban J connectivity index is 1.44. The highest BCUT2D eigenvalue weighted by molar-refractivity contribution is 6.08. The number of benzene rings is 1. The monoisotopic (exact) mass is 385 g/mol. The summed E-state index contributed by atoms with van der Waals surface area (Å²) in [5, 5.41) is 30.1. The quantitative estimate of drug-likeness (QED) is 0.459. The van der Waals surface area contributed by atoms with Gasteiger partial charge in [-0.15, -0.1) is 0 Å². The smallest absolute Gasteiger partial charge is 0.323 e. The summed E-state index contributed by atoms with van der Waals surface area (Å²) in [6.07, 6.45) is 0.658. The van der Waals surface area contributed by atoms with Crippen molar-refractivity contribution >= 4 is 29.2 Å². The van der Waals surface area contributed by atoms with Crippen LogP contribution in [-0.2, 0) is 14.4 Å². The van der Waals surface area contributed by atoms with Crippen LogP contribution in [0.25, 0.3) is 0 Å². The molecule has 2 heterocycles. The summed E-state index contributed by atoms with van der Waals surface area (Å²) in [5.41, 5.74) is 0.593. The second-order valence-electron chi connectivity index (χ2n) is 7.58. The van der Waals surface area contributed by atoms with Crippen molar-refractivity contribution in [3.05, 3.63) is 34.4 Å². The van der Waals surface area contributed by atoms with Crippen molar-refractivity contribution in [2.75, 3.05) is 11.6 Å². The minimum absolute atomic E-state index is 0.0367. The summed E-state index contributed by atoms with van der Waals surface area (Å²) < 4.78 is 0. The summed E-state index contributed by atoms with van der Waals surface area (Å²) in [6, 6.07) is 5.47. The molecule has 0 unspecified atom stereocenters. The molecule has 1 saturated heterocycles. The first-order valence-corrected chi connectivity index (χ1v) is 8.90. The number of aliphatic carboxylic acids is 1. The van der Waals surface area contributed by atoms with Crippen LogP contribution in [0.5, 0.6) is 0 Å². The number of imide groups is 1. The molecule has 3 fully saturated rings. The Bertz CT molecular complexity index is 946. The van der Waals surface area contributed by atoms with E-state index in [2.05, 4.69) is 10.3 Å². The average molecular weight is 385 g/mol. The van der Waals surface area contributed by atoms with E-state index in [0.717, 1.165) is 4.90 Å². The number of fused-ring (bicyclic) bond motifs is 8. The number of carbonyl (C=O) groups excluding carboxylic acids is 2. The fourth-order valence-electron chi connectivity index (χ4n) is 5.39. The van der Waals surface area contributed by atoms with Crippen LogP contribution in [-0.4, -0.2) is 51.3 Å². The van der Waals surface area contributed by atoms with Crippen molar-refractivity contribution in [3.63, 3.8) is 0 Å². The van der Waals surface area contributed by atoms with E-state index in [1.165, 1.54) is 12.1 Å². The van der Waals surface area contributed by atoms with Crippen LogP contribution in [0.1, 0.15) is 6.42 Å². The normalized spacial score (nSPS) is 34.9. The lowest BCUT2D eigenvalue weighted by Gasteiger charge is -2.33. The molecule has 11 nitrogen and oxygen atoms in total. The predicted octanol–water partition coefficient (Wildman–Crippen LogP) is 0.855. The van der Waals surface area contributed by atoms with Crippen molar-refractivity contribution in [3.8, 4) is 0 Å². The first-order chi connectivity index (χ1) is 13.4. The molecule has 4 aliphatic rings. The van der Waals surface area contributed by atoms with Crippen molar-refractivity contribution in [2.24, 2.45) is 34.0 Å². The van der Waals surface area contributed by atoms with Gasteiger partial charge in [0.25, 0.3) is 5.69 Å². The van der Waals surface area contributed by atoms with Gasteiger partial charge >= 0.3 is 5.97 Å². The molecule has 0 aromatic heterocycles. The van der Waals surface area contributed by atoms with Crippen LogP contribution in [0.2, 0.25) is 0 Å². The number of non-ortho nitro benzene ring substituents is 1. The summed E-state index contributed by atoms with van der Waals surface area (Å²) in [5.74, 6) is -3.48. The molecule has 2 amide bonds. The van der Waals surface area contributed by atoms with Crippen LogP contribution in [0, 0.1) is 33.8 Å². The van der Waals surface area contributed by atoms with Crippen molar-refractivity contribution in [1.82, 2.24) is 4.90 Å². The van der Waals surface area contributed by atoms with Gasteiger partial charge in [-0.3, -0.25) is 29.4 Å². The summed E-state index contributed by atoms with van der Waals surface area (Å²) >= 11 is 0. The number of nitrogens with zero attached hydrogens (tertiary/aromatic N) is 5. The minimum atomic E-state index is -1.22. The molecule has 2 aliphatic carbocycles. The molecule has 1 aromatic carbocycles. The summed E-state index contributed by atoms with van der Waals surface area (Å²) in [7, 11) is 0. The van der Waals surface area contributed by atoms with Gasteiger partial charge in [0, 0.05) is 12.1 Å². The maximum absolute atomic E-state index is 12.8. The number of nitro benzene ring substituents is 1. The van der Waals surface area contributed by atoms with Crippen LogP contribution >= 0.6 is 0 Å².